The van der Waals surface area contributed by atoms with Crippen LogP contribution in [0.5, 0.6) is 0 Å². The minimum absolute atomic E-state index is 0.0758. The van der Waals surface area contributed by atoms with Gasteiger partial charge in [-0.15, -0.1) is 11.8 Å². The predicted octanol–water partition coefficient (Wildman–Crippen LogP) is 2.31. The maximum absolute atomic E-state index is 12.1. The van der Waals surface area contributed by atoms with E-state index in [9.17, 15) is 9.59 Å². The Labute approximate surface area is 141 Å². The van der Waals surface area contributed by atoms with Gasteiger partial charge in [-0.25, -0.2) is 4.63 Å². The highest BCUT2D eigenvalue weighted by atomic mass is 32.2. The zero-order valence-corrected chi connectivity index (χ0v) is 13.5. The number of aromatic nitrogens is 3. The Kier molecular flexibility index (Phi) is 4.71. The van der Waals surface area contributed by atoms with Crippen molar-refractivity contribution >= 4 is 46.1 Å². The Balaban J connectivity index is 1.65. The third kappa shape index (κ3) is 3.69. The molecule has 0 aliphatic carbocycles. The fraction of sp³-hybridized carbons (Fsp3) is 0.133. The van der Waals surface area contributed by atoms with E-state index in [4.69, 9.17) is 0 Å². The van der Waals surface area contributed by atoms with Crippen molar-refractivity contribution in [1.82, 2.24) is 15.3 Å². The van der Waals surface area contributed by atoms with E-state index in [1.165, 1.54) is 18.7 Å². The van der Waals surface area contributed by atoms with E-state index in [2.05, 4.69) is 30.6 Å². The molecule has 122 valence electrons. The molecular weight excluding hydrogens is 330 g/mol. The van der Waals surface area contributed by atoms with Crippen LogP contribution in [0.3, 0.4) is 0 Å². The molecule has 0 radical (unpaired) electrons. The number of hydrogen-bond acceptors (Lipinski definition) is 7. The number of thioether (sulfide) groups is 1. The van der Waals surface area contributed by atoms with Crippen molar-refractivity contribution in [3.8, 4) is 0 Å². The molecule has 3 rings (SSSR count). The van der Waals surface area contributed by atoms with Gasteiger partial charge in [0.1, 0.15) is 0 Å². The summed E-state index contributed by atoms with van der Waals surface area (Å²) in [6.45, 7) is 1.32. The van der Waals surface area contributed by atoms with Crippen molar-refractivity contribution in [1.29, 1.82) is 0 Å². The molecule has 2 N–H and O–H groups in total. The first-order valence-electron chi connectivity index (χ1n) is 7.00. The van der Waals surface area contributed by atoms with Gasteiger partial charge in [0.05, 0.1) is 11.3 Å². The number of nitrogens with zero attached hydrogens (tertiary/aromatic N) is 3. The SMILES string of the molecule is CC(=O)Nc1nonc1NC(=O)CSc1cccc2cccnc12. The number of benzene rings is 1. The molecule has 0 aliphatic rings. The first kappa shape index (κ1) is 15.9. The molecule has 0 saturated carbocycles. The molecule has 9 heteroatoms. The van der Waals surface area contributed by atoms with E-state index in [-0.39, 0.29) is 29.2 Å². The van der Waals surface area contributed by atoms with Gasteiger partial charge in [0.15, 0.2) is 0 Å². The molecule has 0 saturated heterocycles. The first-order valence-corrected chi connectivity index (χ1v) is 7.98. The van der Waals surface area contributed by atoms with E-state index >= 15 is 0 Å². The second-order valence-electron chi connectivity index (χ2n) is 4.81. The maximum atomic E-state index is 12.1. The number of hydrogen-bond donors (Lipinski definition) is 2. The molecule has 0 atom stereocenters. The third-order valence-corrected chi connectivity index (χ3v) is 4.04. The molecule has 0 spiro atoms. The molecule has 8 nitrogen and oxygen atoms in total. The minimum Gasteiger partial charge on any atom is -0.305 e. The van der Waals surface area contributed by atoms with Crippen LogP contribution in [-0.2, 0) is 9.59 Å². The largest absolute Gasteiger partial charge is 0.305 e. The Morgan fingerprint density at radius 1 is 1.12 bits per heavy atom. The smallest absolute Gasteiger partial charge is 0.236 e. The summed E-state index contributed by atoms with van der Waals surface area (Å²) >= 11 is 1.36. The number of anilines is 2. The van der Waals surface area contributed by atoms with Crippen molar-refractivity contribution in [2.24, 2.45) is 0 Å². The molecule has 2 heterocycles. The van der Waals surface area contributed by atoms with Crippen LogP contribution >= 0.6 is 11.8 Å². The van der Waals surface area contributed by atoms with E-state index in [0.29, 0.717) is 0 Å². The summed E-state index contributed by atoms with van der Waals surface area (Å²) in [6, 6.07) is 9.62. The molecule has 0 unspecified atom stereocenters. The van der Waals surface area contributed by atoms with Gasteiger partial charge in [0.25, 0.3) is 0 Å². The quantitative estimate of drug-likeness (QED) is 0.684. The summed E-state index contributed by atoms with van der Waals surface area (Å²) in [7, 11) is 0. The molecule has 1 aromatic carbocycles. The molecule has 2 amide bonds. The predicted molar refractivity (Wildman–Crippen MR) is 89.7 cm³/mol. The highest BCUT2D eigenvalue weighted by Crippen LogP contribution is 2.26. The summed E-state index contributed by atoms with van der Waals surface area (Å²) in [4.78, 5) is 28.4. The van der Waals surface area contributed by atoms with Gasteiger partial charge in [0, 0.05) is 23.4 Å². The zero-order chi connectivity index (χ0) is 16.9. The minimum atomic E-state index is -0.336. The number of amides is 2. The number of rotatable bonds is 5. The Bertz CT molecular complexity index is 890. The Hall–Kier alpha value is -2.94. The van der Waals surface area contributed by atoms with Gasteiger partial charge in [0.2, 0.25) is 23.5 Å². The van der Waals surface area contributed by atoms with Gasteiger partial charge in [-0.2, -0.15) is 0 Å². The lowest BCUT2D eigenvalue weighted by molar-refractivity contribution is -0.115. The average Bonchev–Trinajstić information content (AvgIpc) is 2.99. The van der Waals surface area contributed by atoms with Crippen LogP contribution < -0.4 is 10.6 Å². The number of nitrogens with one attached hydrogen (secondary N) is 2. The Morgan fingerprint density at radius 2 is 1.88 bits per heavy atom. The molecule has 3 aromatic rings. The van der Waals surface area contributed by atoms with Crippen LogP contribution in [0.15, 0.2) is 46.1 Å². The topological polar surface area (TPSA) is 110 Å². The number of pyridine rings is 1. The summed E-state index contributed by atoms with van der Waals surface area (Å²) in [6.07, 6.45) is 1.72. The number of fused-ring (bicyclic) bond motifs is 1. The molecular formula is C15H13N5O3S. The van der Waals surface area contributed by atoms with Gasteiger partial charge >= 0.3 is 0 Å². The lowest BCUT2D eigenvalue weighted by Crippen LogP contribution is -2.16. The molecule has 0 fully saturated rings. The second-order valence-corrected chi connectivity index (χ2v) is 5.83. The molecule has 2 aromatic heterocycles. The van der Waals surface area contributed by atoms with Crippen molar-refractivity contribution in [3.63, 3.8) is 0 Å². The number of carbonyl (C=O) groups is 2. The highest BCUT2D eigenvalue weighted by Gasteiger charge is 2.14. The lowest BCUT2D eigenvalue weighted by Gasteiger charge is -2.05. The fourth-order valence-corrected chi connectivity index (χ4v) is 2.86. The highest BCUT2D eigenvalue weighted by molar-refractivity contribution is 8.00. The molecule has 24 heavy (non-hydrogen) atoms. The van der Waals surface area contributed by atoms with Crippen LogP contribution in [0.1, 0.15) is 6.92 Å². The molecule has 0 aliphatic heterocycles. The van der Waals surface area contributed by atoms with E-state index in [1.807, 2.05) is 30.3 Å². The van der Waals surface area contributed by atoms with Crippen LogP contribution in [-0.4, -0.2) is 32.9 Å². The van der Waals surface area contributed by atoms with Gasteiger partial charge < -0.3 is 10.6 Å². The van der Waals surface area contributed by atoms with Crippen LogP contribution in [0.25, 0.3) is 10.9 Å². The normalized spacial score (nSPS) is 10.5. The van der Waals surface area contributed by atoms with Gasteiger partial charge in [-0.05, 0) is 22.4 Å². The van der Waals surface area contributed by atoms with E-state index < -0.39 is 0 Å². The van der Waals surface area contributed by atoms with Crippen LogP contribution in [0, 0.1) is 0 Å². The fourth-order valence-electron chi connectivity index (χ4n) is 2.02. The summed E-state index contributed by atoms with van der Waals surface area (Å²) in [5, 5.41) is 13.1. The Morgan fingerprint density at radius 3 is 2.67 bits per heavy atom. The molecule has 0 bridgehead atoms. The summed E-state index contributed by atoms with van der Waals surface area (Å²) < 4.78 is 4.52. The van der Waals surface area contributed by atoms with E-state index in [1.54, 1.807) is 6.20 Å². The van der Waals surface area contributed by atoms with Gasteiger partial charge in [-0.3, -0.25) is 14.6 Å². The monoisotopic (exact) mass is 343 g/mol. The average molecular weight is 343 g/mol. The standard InChI is InChI=1S/C15H13N5O3S/c1-9(21)17-14-15(20-23-19-14)18-12(22)8-24-11-6-2-4-10-5-3-7-16-13(10)11/h2-7H,8H2,1H3,(H,17,19,21)(H,18,20,22). The lowest BCUT2D eigenvalue weighted by atomic mass is 10.2. The second kappa shape index (κ2) is 7.09. The summed E-state index contributed by atoms with van der Waals surface area (Å²) in [5.41, 5.74) is 0.847. The zero-order valence-electron chi connectivity index (χ0n) is 12.6. The van der Waals surface area contributed by atoms with E-state index in [0.717, 1.165) is 15.8 Å². The van der Waals surface area contributed by atoms with Crippen molar-refractivity contribution in [2.45, 2.75) is 11.8 Å². The summed E-state index contributed by atoms with van der Waals surface area (Å²) in [5.74, 6) is -0.325. The van der Waals surface area contributed by atoms with Crippen molar-refractivity contribution in [2.75, 3.05) is 16.4 Å². The number of para-hydroxylation sites is 1. The van der Waals surface area contributed by atoms with Crippen LogP contribution in [0.2, 0.25) is 0 Å². The van der Waals surface area contributed by atoms with Crippen molar-refractivity contribution < 1.29 is 14.2 Å². The maximum Gasteiger partial charge on any atom is 0.236 e. The van der Waals surface area contributed by atoms with Gasteiger partial charge in [-0.1, -0.05) is 18.2 Å². The first-order chi connectivity index (χ1) is 11.6. The third-order valence-electron chi connectivity index (χ3n) is 3.00. The number of carbonyl (C=O) groups excluding carboxylic acids is 2. The van der Waals surface area contributed by atoms with Crippen LogP contribution in [0.4, 0.5) is 11.6 Å². The van der Waals surface area contributed by atoms with Crippen molar-refractivity contribution in [3.05, 3.63) is 36.5 Å².